The first-order valence-electron chi connectivity index (χ1n) is 12.9. The highest BCUT2D eigenvalue weighted by atomic mass is 14.3. The van der Waals surface area contributed by atoms with Crippen LogP contribution < -0.4 is 0 Å². The lowest BCUT2D eigenvalue weighted by atomic mass is 9.77. The molecule has 1 fully saturated rings. The molecule has 0 amide bonds. The van der Waals surface area contributed by atoms with Crippen molar-refractivity contribution < 1.29 is 0 Å². The average Bonchev–Trinajstić information content (AvgIpc) is 2.83. The number of hydrogen-bond acceptors (Lipinski definition) is 1. The van der Waals surface area contributed by atoms with Crippen molar-refractivity contribution in [3.05, 3.63) is 59.7 Å². The zero-order valence-corrected chi connectivity index (χ0v) is 19.6. The molecule has 1 aliphatic carbocycles. The quantitative estimate of drug-likeness (QED) is 0.317. The third-order valence-corrected chi connectivity index (χ3v) is 7.29. The highest BCUT2D eigenvalue weighted by molar-refractivity contribution is 5.64. The van der Waals surface area contributed by atoms with Crippen LogP contribution >= 0.6 is 0 Å². The number of unbranched alkanes of at least 4 members (excludes halogenated alkanes) is 8. The normalized spacial score (nSPS) is 18.6. The van der Waals surface area contributed by atoms with Gasteiger partial charge in [0.05, 0.1) is 11.6 Å². The monoisotopic (exact) mass is 415 g/mol. The van der Waals surface area contributed by atoms with Gasteiger partial charge in [-0.15, -0.1) is 0 Å². The molecular weight excluding hydrogens is 374 g/mol. The molecule has 1 heteroatoms. The van der Waals surface area contributed by atoms with Gasteiger partial charge in [0.15, 0.2) is 0 Å². The topological polar surface area (TPSA) is 23.8 Å². The minimum atomic E-state index is 0.722. The summed E-state index contributed by atoms with van der Waals surface area (Å²) in [7, 11) is 0. The molecule has 166 valence electrons. The van der Waals surface area contributed by atoms with Crippen LogP contribution in [0.25, 0.3) is 11.1 Å². The highest BCUT2D eigenvalue weighted by Crippen LogP contribution is 2.38. The number of rotatable bonds is 12. The average molecular weight is 416 g/mol. The molecule has 1 aliphatic rings. The van der Waals surface area contributed by atoms with Crippen LogP contribution in [-0.2, 0) is 0 Å². The molecule has 0 spiro atoms. The number of nitriles is 1. The molecule has 0 bridgehead atoms. The summed E-state index contributed by atoms with van der Waals surface area (Å²) in [5.41, 5.74) is 4.67. The molecule has 2 aromatic rings. The summed E-state index contributed by atoms with van der Waals surface area (Å²) in [6.45, 7) is 2.29. The molecule has 31 heavy (non-hydrogen) atoms. The van der Waals surface area contributed by atoms with Gasteiger partial charge in [0.2, 0.25) is 0 Å². The van der Waals surface area contributed by atoms with Crippen LogP contribution in [0.3, 0.4) is 0 Å². The maximum Gasteiger partial charge on any atom is 0.0991 e. The molecule has 0 radical (unpaired) electrons. The Balaban J connectivity index is 1.33. The number of benzene rings is 2. The van der Waals surface area contributed by atoms with E-state index in [4.69, 9.17) is 5.26 Å². The van der Waals surface area contributed by atoms with E-state index in [1.54, 1.807) is 0 Å². The van der Waals surface area contributed by atoms with Crippen molar-refractivity contribution in [2.24, 2.45) is 5.92 Å². The molecule has 0 unspecified atom stereocenters. The van der Waals surface area contributed by atoms with Crippen LogP contribution in [0.2, 0.25) is 0 Å². The summed E-state index contributed by atoms with van der Waals surface area (Å²) >= 11 is 0. The van der Waals surface area contributed by atoms with Crippen molar-refractivity contribution in [1.29, 1.82) is 5.26 Å². The lowest BCUT2D eigenvalue weighted by molar-refractivity contribution is 0.302. The number of hydrogen-bond donors (Lipinski definition) is 0. The Bertz CT molecular complexity index is 773. The van der Waals surface area contributed by atoms with Gasteiger partial charge in [-0.1, -0.05) is 108 Å². The van der Waals surface area contributed by atoms with Gasteiger partial charge in [-0.2, -0.15) is 5.26 Å². The van der Waals surface area contributed by atoms with Gasteiger partial charge in [-0.25, -0.2) is 0 Å². The Labute approximate surface area is 190 Å². The van der Waals surface area contributed by atoms with Crippen molar-refractivity contribution in [3.8, 4) is 17.2 Å². The Kier molecular flexibility index (Phi) is 10.2. The fourth-order valence-electron chi connectivity index (χ4n) is 5.21. The summed E-state index contributed by atoms with van der Waals surface area (Å²) in [4.78, 5) is 0. The van der Waals surface area contributed by atoms with Gasteiger partial charge in [-0.05, 0) is 66.3 Å². The number of nitrogens with zero attached hydrogens (tertiary/aromatic N) is 1. The zero-order chi connectivity index (χ0) is 21.7. The fraction of sp³-hybridized carbons (Fsp3) is 0.567. The fourth-order valence-corrected chi connectivity index (χ4v) is 5.21. The molecule has 0 aromatic heterocycles. The van der Waals surface area contributed by atoms with E-state index in [2.05, 4.69) is 37.3 Å². The summed E-state index contributed by atoms with van der Waals surface area (Å²) < 4.78 is 0. The van der Waals surface area contributed by atoms with E-state index in [-0.39, 0.29) is 0 Å². The van der Waals surface area contributed by atoms with E-state index in [0.717, 1.165) is 17.4 Å². The van der Waals surface area contributed by atoms with Crippen molar-refractivity contribution >= 4 is 0 Å². The van der Waals surface area contributed by atoms with Gasteiger partial charge in [-0.3, -0.25) is 0 Å². The third kappa shape index (κ3) is 7.84. The first kappa shape index (κ1) is 23.6. The summed E-state index contributed by atoms with van der Waals surface area (Å²) in [6.07, 6.45) is 19.9. The molecule has 0 saturated heterocycles. The smallest absolute Gasteiger partial charge is 0.0991 e. The lowest BCUT2D eigenvalue weighted by Crippen LogP contribution is -2.13. The molecule has 2 aromatic carbocycles. The van der Waals surface area contributed by atoms with Crippen molar-refractivity contribution in [2.75, 3.05) is 0 Å². The Morgan fingerprint density at radius 2 is 1.19 bits per heavy atom. The second-order valence-electron chi connectivity index (χ2n) is 9.65. The zero-order valence-electron chi connectivity index (χ0n) is 19.6. The molecular formula is C30H41N. The molecule has 0 atom stereocenters. The second kappa shape index (κ2) is 13.4. The predicted octanol–water partition coefficient (Wildman–Crippen LogP) is 9.42. The van der Waals surface area contributed by atoms with Gasteiger partial charge < -0.3 is 0 Å². The van der Waals surface area contributed by atoms with Crippen LogP contribution in [0.15, 0.2) is 48.5 Å². The minimum Gasteiger partial charge on any atom is -0.192 e. The maximum atomic E-state index is 8.96. The summed E-state index contributed by atoms with van der Waals surface area (Å²) in [6, 6.07) is 19.3. The van der Waals surface area contributed by atoms with Crippen molar-refractivity contribution in [3.63, 3.8) is 0 Å². The Morgan fingerprint density at radius 1 is 0.677 bits per heavy atom. The first-order chi connectivity index (χ1) is 15.3. The van der Waals surface area contributed by atoms with Crippen LogP contribution in [0.4, 0.5) is 0 Å². The largest absolute Gasteiger partial charge is 0.192 e. The van der Waals surface area contributed by atoms with Gasteiger partial charge in [0.25, 0.3) is 0 Å². The van der Waals surface area contributed by atoms with Gasteiger partial charge >= 0.3 is 0 Å². The van der Waals surface area contributed by atoms with Crippen LogP contribution in [0, 0.1) is 17.2 Å². The van der Waals surface area contributed by atoms with E-state index in [1.165, 1.54) is 107 Å². The first-order valence-corrected chi connectivity index (χ1v) is 12.9. The van der Waals surface area contributed by atoms with E-state index >= 15 is 0 Å². The van der Waals surface area contributed by atoms with E-state index in [1.807, 2.05) is 24.3 Å². The van der Waals surface area contributed by atoms with E-state index in [9.17, 15) is 0 Å². The molecule has 0 heterocycles. The molecule has 1 saturated carbocycles. The molecule has 0 aliphatic heterocycles. The molecule has 0 N–H and O–H groups in total. The standard InChI is InChI=1S/C30H41N/c1-2-3-4-5-6-7-8-9-10-11-25-12-16-27(17-13-25)29-20-22-30(23-21-29)28-18-14-26(24-31)15-19-28/h14-15,18-23,25,27H,2-13,16-17H2,1H3/t25-,27-. The Hall–Kier alpha value is -2.07. The van der Waals surface area contributed by atoms with E-state index in [0.29, 0.717) is 0 Å². The molecule has 3 rings (SSSR count). The Morgan fingerprint density at radius 3 is 1.74 bits per heavy atom. The van der Waals surface area contributed by atoms with Crippen molar-refractivity contribution in [1.82, 2.24) is 0 Å². The second-order valence-corrected chi connectivity index (χ2v) is 9.65. The van der Waals surface area contributed by atoms with E-state index < -0.39 is 0 Å². The summed E-state index contributed by atoms with van der Waals surface area (Å²) in [5.74, 6) is 1.72. The maximum absolute atomic E-state index is 8.96. The highest BCUT2D eigenvalue weighted by Gasteiger charge is 2.22. The van der Waals surface area contributed by atoms with Gasteiger partial charge in [0, 0.05) is 0 Å². The third-order valence-electron chi connectivity index (χ3n) is 7.29. The van der Waals surface area contributed by atoms with Crippen LogP contribution in [0.1, 0.15) is 114 Å². The molecule has 1 nitrogen and oxygen atoms in total. The van der Waals surface area contributed by atoms with Crippen LogP contribution in [-0.4, -0.2) is 0 Å². The lowest BCUT2D eigenvalue weighted by Gasteiger charge is -2.29. The predicted molar refractivity (Wildman–Crippen MR) is 133 cm³/mol. The van der Waals surface area contributed by atoms with Crippen LogP contribution in [0.5, 0.6) is 0 Å². The van der Waals surface area contributed by atoms with Crippen molar-refractivity contribution in [2.45, 2.75) is 103 Å². The SMILES string of the molecule is CCCCCCCCCCC[C@H]1CC[C@H](c2ccc(-c3ccc(C#N)cc3)cc2)CC1. The summed E-state index contributed by atoms with van der Waals surface area (Å²) in [5, 5.41) is 8.96. The van der Waals surface area contributed by atoms with Gasteiger partial charge in [0.1, 0.15) is 0 Å². The minimum absolute atomic E-state index is 0.722.